The molecule has 0 aliphatic rings. The molecule has 0 aliphatic heterocycles. The zero-order valence-corrected chi connectivity index (χ0v) is 16.7. The predicted molar refractivity (Wildman–Crippen MR) is 119 cm³/mol. The van der Waals surface area contributed by atoms with E-state index in [2.05, 4.69) is 24.0 Å². The minimum absolute atomic E-state index is 0. The number of aromatic hydroxyl groups is 1. The maximum Gasteiger partial charge on any atom is 0.261 e. The molecule has 7 nitrogen and oxygen atoms in total. The van der Waals surface area contributed by atoms with Crippen molar-refractivity contribution in [2.75, 3.05) is 6.26 Å². The summed E-state index contributed by atoms with van der Waals surface area (Å²) in [4.78, 5) is 1.53. The second-order valence-electron chi connectivity index (χ2n) is 6.72. The summed E-state index contributed by atoms with van der Waals surface area (Å²) in [6.45, 7) is 6.40. The Kier molecular flexibility index (Phi) is 10.00. The molecule has 0 bridgehead atoms. The van der Waals surface area contributed by atoms with Crippen molar-refractivity contribution < 1.29 is 18.1 Å². The zero-order chi connectivity index (χ0) is 20.2. The van der Waals surface area contributed by atoms with E-state index in [1.807, 2.05) is 43.3 Å². The number of rotatable bonds is 4. The molecule has 0 amide bonds. The Morgan fingerprint density at radius 1 is 1.10 bits per heavy atom. The van der Waals surface area contributed by atoms with E-state index < -0.39 is 10.1 Å². The zero-order valence-electron chi connectivity index (χ0n) is 15.9. The van der Waals surface area contributed by atoms with E-state index in [1.165, 1.54) is 4.80 Å². The molecule has 0 spiro atoms. The lowest BCUT2D eigenvalue weighted by molar-refractivity contribution is 0.450. The van der Waals surface area contributed by atoms with E-state index in [9.17, 15) is 13.5 Å². The highest BCUT2D eigenvalue weighted by Gasteiger charge is 2.15. The largest absolute Gasteiger partial charge is 0.505 e. The number of hydrogen-bond acceptors (Lipinski definition) is 5. The van der Waals surface area contributed by atoms with Crippen LogP contribution in [-0.4, -0.2) is 39.3 Å². The molecule has 0 fully saturated rings. The van der Waals surface area contributed by atoms with Gasteiger partial charge in [-0.1, -0.05) is 53.3 Å². The third kappa shape index (κ3) is 7.83. The number of aryl methyl sites for hydroxylation is 1. The van der Waals surface area contributed by atoms with Gasteiger partial charge in [-0.3, -0.25) is 4.55 Å². The number of nitrogens with zero attached hydrogens (tertiary/aromatic N) is 3. The predicted octanol–water partition coefficient (Wildman–Crippen LogP) is 4.80. The summed E-state index contributed by atoms with van der Waals surface area (Å²) in [5.41, 5.74) is 4.37. The van der Waals surface area contributed by atoms with Gasteiger partial charge in [-0.2, -0.15) is 8.42 Å². The van der Waals surface area contributed by atoms with Crippen molar-refractivity contribution in [2.45, 2.75) is 48.5 Å². The lowest BCUT2D eigenvalue weighted by Gasteiger charge is -2.13. The highest BCUT2D eigenvalue weighted by Crippen LogP contribution is 2.30. The summed E-state index contributed by atoms with van der Waals surface area (Å²) in [7, 11) is -3.67. The maximum absolute atomic E-state index is 10.6. The Labute approximate surface area is 174 Å². The molecule has 1 aromatic heterocycles. The van der Waals surface area contributed by atoms with Gasteiger partial charge in [-0.05, 0) is 48.6 Å². The average molecular weight is 424 g/mol. The van der Waals surface area contributed by atoms with Crippen LogP contribution in [-0.2, 0) is 16.5 Å². The average Bonchev–Trinajstić information content (AvgIpc) is 3.00. The van der Waals surface area contributed by atoms with Crippen LogP contribution >= 0.6 is 0 Å². The van der Waals surface area contributed by atoms with E-state index in [0.717, 1.165) is 35.0 Å². The van der Waals surface area contributed by atoms with Crippen LogP contribution in [0.15, 0.2) is 36.4 Å². The van der Waals surface area contributed by atoms with Gasteiger partial charge in [0.05, 0.1) is 6.26 Å². The molecule has 0 radical (unpaired) electrons. The van der Waals surface area contributed by atoms with E-state index in [-0.39, 0.29) is 20.6 Å². The molecule has 2 N–H and O–H groups in total. The molecule has 8 heteroatoms. The van der Waals surface area contributed by atoms with Crippen molar-refractivity contribution in [3.8, 4) is 11.4 Å². The molecule has 3 rings (SSSR count). The minimum atomic E-state index is -3.67. The molecule has 0 saturated carbocycles. The molecule has 3 aromatic rings. The fourth-order valence-electron chi connectivity index (χ4n) is 2.63. The SMILES string of the molecule is C.C.CCC(C)Cc1cc(C)cc(-n2nc3ccccc3n2)c1O.CS(=O)(=O)O. The quantitative estimate of drug-likeness (QED) is 0.584. The summed E-state index contributed by atoms with van der Waals surface area (Å²) in [6, 6.07) is 11.7. The molecule has 29 heavy (non-hydrogen) atoms. The number of aromatic nitrogens is 3. The van der Waals surface area contributed by atoms with Gasteiger partial charge in [0.1, 0.15) is 22.5 Å². The Bertz CT molecular complexity index is 989. The number of fused-ring (bicyclic) bond motifs is 1. The Balaban J connectivity index is 0.00000101. The minimum Gasteiger partial charge on any atom is -0.505 e. The molecule has 0 aliphatic carbocycles. The van der Waals surface area contributed by atoms with Crippen LogP contribution in [0.5, 0.6) is 5.75 Å². The molecule has 162 valence electrons. The van der Waals surface area contributed by atoms with Crippen molar-refractivity contribution in [2.24, 2.45) is 5.92 Å². The van der Waals surface area contributed by atoms with Crippen LogP contribution in [0.2, 0.25) is 0 Å². The highest BCUT2D eigenvalue weighted by atomic mass is 32.2. The first-order valence-corrected chi connectivity index (χ1v) is 10.5. The van der Waals surface area contributed by atoms with Crippen LogP contribution in [0.1, 0.15) is 46.2 Å². The number of hydrogen-bond donors (Lipinski definition) is 2. The van der Waals surface area contributed by atoms with Crippen LogP contribution in [0.25, 0.3) is 16.7 Å². The van der Waals surface area contributed by atoms with Crippen molar-refractivity contribution >= 4 is 21.2 Å². The molecule has 1 unspecified atom stereocenters. The van der Waals surface area contributed by atoms with Gasteiger partial charge in [0, 0.05) is 0 Å². The van der Waals surface area contributed by atoms with E-state index >= 15 is 0 Å². The standard InChI is InChI=1S/C18H21N3O.CH4O3S.2CH4/c1-4-12(2)9-14-10-13(3)11-17(18(14)22)21-19-15-7-5-6-8-16(15)20-21;1-5(2,3)4;;/h5-8,10-12,22H,4,9H2,1-3H3;1H3,(H,2,3,4);2*1H4. The number of benzene rings is 2. The first-order valence-electron chi connectivity index (χ1n) is 8.66. The fraction of sp³-hybridized carbons (Fsp3) is 0.429. The lowest BCUT2D eigenvalue weighted by atomic mass is 9.96. The molecular weight excluding hydrogens is 390 g/mol. The maximum atomic E-state index is 10.6. The van der Waals surface area contributed by atoms with Gasteiger partial charge in [-0.15, -0.1) is 15.0 Å². The van der Waals surface area contributed by atoms with E-state index in [4.69, 9.17) is 4.55 Å². The monoisotopic (exact) mass is 423 g/mol. The van der Waals surface area contributed by atoms with Crippen molar-refractivity contribution in [3.63, 3.8) is 0 Å². The molecule has 1 heterocycles. The summed E-state index contributed by atoms with van der Waals surface area (Å²) >= 11 is 0. The topological polar surface area (TPSA) is 105 Å². The van der Waals surface area contributed by atoms with Crippen LogP contribution in [0, 0.1) is 12.8 Å². The summed E-state index contributed by atoms with van der Waals surface area (Å²) in [5, 5.41) is 19.6. The summed E-state index contributed by atoms with van der Waals surface area (Å²) in [6.07, 6.45) is 2.66. The van der Waals surface area contributed by atoms with Gasteiger partial charge in [0.25, 0.3) is 10.1 Å². The third-order valence-electron chi connectivity index (χ3n) is 4.08. The fourth-order valence-corrected chi connectivity index (χ4v) is 2.63. The molecule has 0 saturated heterocycles. The van der Waals surface area contributed by atoms with Gasteiger partial charge in [-0.25, -0.2) is 0 Å². The third-order valence-corrected chi connectivity index (χ3v) is 4.08. The summed E-state index contributed by atoms with van der Waals surface area (Å²) < 4.78 is 25.9. The molecule has 1 atom stereocenters. The first-order chi connectivity index (χ1) is 12.6. The Morgan fingerprint density at radius 3 is 2.03 bits per heavy atom. The van der Waals surface area contributed by atoms with Crippen molar-refractivity contribution in [3.05, 3.63) is 47.5 Å². The van der Waals surface area contributed by atoms with Gasteiger partial charge in [0.15, 0.2) is 0 Å². The van der Waals surface area contributed by atoms with Crippen LogP contribution in [0.4, 0.5) is 0 Å². The van der Waals surface area contributed by atoms with E-state index in [0.29, 0.717) is 17.9 Å². The Hall–Kier alpha value is -2.45. The van der Waals surface area contributed by atoms with Crippen molar-refractivity contribution in [1.82, 2.24) is 15.0 Å². The summed E-state index contributed by atoms with van der Waals surface area (Å²) in [5.74, 6) is 0.816. The second-order valence-corrected chi connectivity index (χ2v) is 8.19. The number of phenols is 1. The van der Waals surface area contributed by atoms with Crippen molar-refractivity contribution in [1.29, 1.82) is 0 Å². The molecule has 2 aromatic carbocycles. The second kappa shape index (κ2) is 10.9. The van der Waals surface area contributed by atoms with E-state index in [1.54, 1.807) is 0 Å². The van der Waals surface area contributed by atoms with Gasteiger partial charge >= 0.3 is 0 Å². The van der Waals surface area contributed by atoms with Gasteiger partial charge in [0.2, 0.25) is 0 Å². The van der Waals surface area contributed by atoms with Crippen LogP contribution in [0.3, 0.4) is 0 Å². The normalized spacial score (nSPS) is 11.6. The number of phenolic OH excluding ortho intramolecular Hbond substituents is 1. The smallest absolute Gasteiger partial charge is 0.261 e. The molecular formula is C21H33N3O4S. The lowest BCUT2D eigenvalue weighted by Crippen LogP contribution is -2.04. The first kappa shape index (κ1) is 26.6. The van der Waals surface area contributed by atoms with Gasteiger partial charge < -0.3 is 5.11 Å². The van der Waals surface area contributed by atoms with Crippen LogP contribution < -0.4 is 0 Å². The highest BCUT2D eigenvalue weighted by molar-refractivity contribution is 7.85. The Morgan fingerprint density at radius 2 is 1.59 bits per heavy atom.